The summed E-state index contributed by atoms with van der Waals surface area (Å²) >= 11 is 0. The zero-order valence-corrected chi connectivity index (χ0v) is 13.4. The van der Waals surface area contributed by atoms with Gasteiger partial charge in [-0.2, -0.15) is 0 Å². The van der Waals surface area contributed by atoms with Crippen molar-refractivity contribution in [2.24, 2.45) is 0 Å². The number of methoxy groups -OCH3 is 1. The van der Waals surface area contributed by atoms with Gasteiger partial charge in [0.05, 0.1) is 23.8 Å². The number of hydrogen-bond acceptors (Lipinski definition) is 4. The highest BCUT2D eigenvalue weighted by Crippen LogP contribution is 2.23. The predicted octanol–water partition coefficient (Wildman–Crippen LogP) is 2.68. The molecule has 122 valence electrons. The third-order valence-corrected chi connectivity index (χ3v) is 3.74. The van der Waals surface area contributed by atoms with E-state index in [1.165, 1.54) is 7.11 Å². The van der Waals surface area contributed by atoms with Crippen molar-refractivity contribution in [2.75, 3.05) is 12.4 Å². The van der Waals surface area contributed by atoms with Gasteiger partial charge in [0.2, 0.25) is 0 Å². The van der Waals surface area contributed by atoms with Gasteiger partial charge in [-0.3, -0.25) is 9.59 Å². The number of nitrogens with zero attached hydrogens (tertiary/aromatic N) is 2. The van der Waals surface area contributed by atoms with Crippen LogP contribution >= 0.6 is 0 Å². The van der Waals surface area contributed by atoms with Gasteiger partial charge in [0.15, 0.2) is 5.69 Å². The third-order valence-electron chi connectivity index (χ3n) is 3.74. The Labute approximate surface area is 138 Å². The van der Waals surface area contributed by atoms with E-state index >= 15 is 0 Å². The number of anilines is 1. The number of hydrogen-bond donors (Lipinski definition) is 1. The van der Waals surface area contributed by atoms with Crippen LogP contribution in [0.1, 0.15) is 17.4 Å². The Hall–Kier alpha value is -3.15. The number of carbonyl (C=O) groups excluding carboxylic acids is 1. The molecule has 6 heteroatoms. The van der Waals surface area contributed by atoms with Crippen LogP contribution in [0.15, 0.2) is 53.3 Å². The summed E-state index contributed by atoms with van der Waals surface area (Å²) in [5.74, 6) is -0.0418. The molecular formula is C18H17N3O3. The van der Waals surface area contributed by atoms with E-state index in [1.807, 2.05) is 25.1 Å². The first-order valence-electron chi connectivity index (χ1n) is 7.59. The fourth-order valence-corrected chi connectivity index (χ4v) is 2.58. The fourth-order valence-electron chi connectivity index (χ4n) is 2.58. The SMILES string of the molecule is CCn1c(=O)c(C(=O)Nc2ccccc2OC)nc2ccccc21. The average Bonchev–Trinajstić information content (AvgIpc) is 2.61. The highest BCUT2D eigenvalue weighted by atomic mass is 16.5. The van der Waals surface area contributed by atoms with E-state index in [4.69, 9.17) is 4.74 Å². The van der Waals surface area contributed by atoms with E-state index in [1.54, 1.807) is 34.9 Å². The second-order valence-corrected chi connectivity index (χ2v) is 5.15. The number of nitrogens with one attached hydrogen (secondary N) is 1. The lowest BCUT2D eigenvalue weighted by Gasteiger charge is -2.12. The Morgan fingerprint density at radius 3 is 2.62 bits per heavy atom. The molecule has 0 bridgehead atoms. The van der Waals surface area contributed by atoms with Crippen LogP contribution in [0.3, 0.4) is 0 Å². The number of aromatic nitrogens is 2. The molecule has 1 N–H and O–H groups in total. The topological polar surface area (TPSA) is 73.2 Å². The van der Waals surface area contributed by atoms with Gasteiger partial charge in [-0.1, -0.05) is 24.3 Å². The molecule has 1 aromatic heterocycles. The van der Waals surface area contributed by atoms with Gasteiger partial charge < -0.3 is 14.6 Å². The molecule has 1 amide bonds. The Morgan fingerprint density at radius 1 is 1.17 bits per heavy atom. The number of rotatable bonds is 4. The third kappa shape index (κ3) is 2.74. The first kappa shape index (κ1) is 15.7. The van der Waals surface area contributed by atoms with Crippen molar-refractivity contribution in [3.05, 3.63) is 64.6 Å². The van der Waals surface area contributed by atoms with Crippen molar-refractivity contribution in [1.82, 2.24) is 9.55 Å². The maximum Gasteiger partial charge on any atom is 0.282 e. The molecule has 0 saturated carbocycles. The van der Waals surface area contributed by atoms with Crippen LogP contribution in [0.25, 0.3) is 11.0 Å². The molecule has 0 atom stereocenters. The summed E-state index contributed by atoms with van der Waals surface area (Å²) < 4.78 is 6.75. The highest BCUT2D eigenvalue weighted by Gasteiger charge is 2.18. The Kier molecular flexibility index (Phi) is 4.29. The number of ether oxygens (including phenoxy) is 1. The van der Waals surface area contributed by atoms with Crippen molar-refractivity contribution in [2.45, 2.75) is 13.5 Å². The second kappa shape index (κ2) is 6.54. The van der Waals surface area contributed by atoms with Gasteiger partial charge in [0.1, 0.15) is 5.75 Å². The standard InChI is InChI=1S/C18H17N3O3/c1-3-21-14-10-6-4-8-12(14)19-16(18(21)23)17(22)20-13-9-5-7-11-15(13)24-2/h4-11H,3H2,1-2H3,(H,20,22). The number of benzene rings is 2. The van der Waals surface area contributed by atoms with Crippen molar-refractivity contribution >= 4 is 22.6 Å². The van der Waals surface area contributed by atoms with Crippen LogP contribution in [0.5, 0.6) is 5.75 Å². The van der Waals surface area contributed by atoms with Gasteiger partial charge in [0, 0.05) is 6.54 Å². The molecule has 24 heavy (non-hydrogen) atoms. The molecule has 0 aliphatic heterocycles. The first-order valence-corrected chi connectivity index (χ1v) is 7.59. The summed E-state index contributed by atoms with van der Waals surface area (Å²) in [5.41, 5.74) is 1.25. The van der Waals surface area contributed by atoms with Crippen LogP contribution in [-0.4, -0.2) is 22.6 Å². The summed E-state index contributed by atoms with van der Waals surface area (Å²) in [4.78, 5) is 29.4. The van der Waals surface area contributed by atoms with E-state index in [0.717, 1.165) is 0 Å². The molecule has 6 nitrogen and oxygen atoms in total. The molecule has 0 spiro atoms. The van der Waals surface area contributed by atoms with E-state index in [2.05, 4.69) is 10.3 Å². The summed E-state index contributed by atoms with van der Waals surface area (Å²) in [7, 11) is 1.52. The van der Waals surface area contributed by atoms with Crippen molar-refractivity contribution in [1.29, 1.82) is 0 Å². The van der Waals surface area contributed by atoms with E-state index < -0.39 is 11.5 Å². The number of fused-ring (bicyclic) bond motifs is 1. The number of aryl methyl sites for hydroxylation is 1. The van der Waals surface area contributed by atoms with Crippen molar-refractivity contribution < 1.29 is 9.53 Å². The summed E-state index contributed by atoms with van der Waals surface area (Å²) in [6, 6.07) is 14.3. The molecule has 3 aromatic rings. The minimum absolute atomic E-state index is 0.138. The predicted molar refractivity (Wildman–Crippen MR) is 92.6 cm³/mol. The van der Waals surface area contributed by atoms with Crippen LogP contribution in [0.2, 0.25) is 0 Å². The van der Waals surface area contributed by atoms with Crippen LogP contribution in [0.4, 0.5) is 5.69 Å². The second-order valence-electron chi connectivity index (χ2n) is 5.15. The molecule has 2 aromatic carbocycles. The number of para-hydroxylation sites is 4. The molecule has 0 aliphatic rings. The number of carbonyl (C=O) groups is 1. The van der Waals surface area contributed by atoms with Crippen LogP contribution in [0, 0.1) is 0 Å². The molecule has 0 saturated heterocycles. The molecule has 0 radical (unpaired) electrons. The summed E-state index contributed by atoms with van der Waals surface area (Å²) in [6.07, 6.45) is 0. The highest BCUT2D eigenvalue weighted by molar-refractivity contribution is 6.04. The van der Waals surface area contributed by atoms with Gasteiger partial charge in [-0.05, 0) is 31.2 Å². The van der Waals surface area contributed by atoms with Crippen LogP contribution < -0.4 is 15.6 Å². The van der Waals surface area contributed by atoms with E-state index in [9.17, 15) is 9.59 Å². The summed E-state index contributed by atoms with van der Waals surface area (Å²) in [6.45, 7) is 2.31. The maximum absolute atomic E-state index is 12.6. The first-order chi connectivity index (χ1) is 11.7. The van der Waals surface area contributed by atoms with Gasteiger partial charge in [-0.25, -0.2) is 4.98 Å². The zero-order valence-electron chi connectivity index (χ0n) is 13.4. The van der Waals surface area contributed by atoms with Gasteiger partial charge in [-0.15, -0.1) is 0 Å². The summed E-state index contributed by atoms with van der Waals surface area (Å²) in [5, 5.41) is 2.69. The quantitative estimate of drug-likeness (QED) is 0.801. The molecule has 1 heterocycles. The zero-order chi connectivity index (χ0) is 17.1. The number of amides is 1. The van der Waals surface area contributed by atoms with Crippen molar-refractivity contribution in [3.63, 3.8) is 0 Å². The fraction of sp³-hybridized carbons (Fsp3) is 0.167. The minimum atomic E-state index is -0.558. The molecule has 0 fully saturated rings. The van der Waals surface area contributed by atoms with Gasteiger partial charge in [0.25, 0.3) is 11.5 Å². The smallest absolute Gasteiger partial charge is 0.282 e. The Balaban J connectivity index is 2.07. The molecule has 3 rings (SSSR count). The van der Waals surface area contributed by atoms with E-state index in [0.29, 0.717) is 29.0 Å². The molecule has 0 unspecified atom stereocenters. The average molecular weight is 323 g/mol. The van der Waals surface area contributed by atoms with Crippen molar-refractivity contribution in [3.8, 4) is 5.75 Å². The Morgan fingerprint density at radius 2 is 1.88 bits per heavy atom. The lowest BCUT2D eigenvalue weighted by molar-refractivity contribution is 0.102. The minimum Gasteiger partial charge on any atom is -0.495 e. The molecule has 0 aliphatic carbocycles. The lowest BCUT2D eigenvalue weighted by atomic mass is 10.2. The Bertz CT molecular complexity index is 963. The normalized spacial score (nSPS) is 10.6. The molecular weight excluding hydrogens is 306 g/mol. The van der Waals surface area contributed by atoms with E-state index in [-0.39, 0.29) is 5.69 Å². The van der Waals surface area contributed by atoms with Crippen LogP contribution in [-0.2, 0) is 6.54 Å². The lowest BCUT2D eigenvalue weighted by Crippen LogP contribution is -2.31. The monoisotopic (exact) mass is 323 g/mol. The van der Waals surface area contributed by atoms with Gasteiger partial charge >= 0.3 is 0 Å². The maximum atomic E-state index is 12.6. The largest absolute Gasteiger partial charge is 0.495 e.